The van der Waals surface area contributed by atoms with E-state index in [0.717, 1.165) is 12.8 Å². The molecule has 0 atom stereocenters. The van der Waals surface area contributed by atoms with Crippen LogP contribution in [-0.4, -0.2) is 41.0 Å². The van der Waals surface area contributed by atoms with Crippen molar-refractivity contribution < 1.29 is 18.9 Å². The van der Waals surface area contributed by atoms with Gasteiger partial charge in [-0.05, 0) is 25.7 Å². The number of methoxy groups -OCH3 is 4. The zero-order valence-corrected chi connectivity index (χ0v) is 12.4. The zero-order chi connectivity index (χ0) is 13.6. The van der Waals surface area contributed by atoms with Gasteiger partial charge in [-0.25, -0.2) is 0 Å². The number of ether oxygens (including phenoxy) is 4. The Balaban J connectivity index is 3.21. The molecule has 0 saturated heterocycles. The maximum absolute atomic E-state index is 5.15. The average Bonchev–Trinajstić information content (AvgIpc) is 2.41. The Labute approximate surface area is 112 Å². The van der Waals surface area contributed by atoms with Gasteiger partial charge in [-0.15, -0.1) is 0 Å². The van der Waals surface area contributed by atoms with Gasteiger partial charge in [0.1, 0.15) is 0 Å². The quantitative estimate of drug-likeness (QED) is 0.377. The maximum atomic E-state index is 5.15. The monoisotopic (exact) mass is 262 g/mol. The Morgan fingerprint density at radius 1 is 0.500 bits per heavy atom. The van der Waals surface area contributed by atoms with Crippen molar-refractivity contribution in [3.05, 3.63) is 0 Å². The summed E-state index contributed by atoms with van der Waals surface area (Å²) in [5.74, 6) is 0. The molecule has 0 aromatic rings. The van der Waals surface area contributed by atoms with Gasteiger partial charge in [0.15, 0.2) is 12.6 Å². The second-order valence-electron chi connectivity index (χ2n) is 4.50. The van der Waals surface area contributed by atoms with Crippen molar-refractivity contribution in [3.8, 4) is 0 Å². The van der Waals surface area contributed by atoms with Crippen LogP contribution in [0.4, 0.5) is 0 Å². The average molecular weight is 262 g/mol. The molecule has 0 fully saturated rings. The summed E-state index contributed by atoms with van der Waals surface area (Å²) in [6, 6.07) is 0. The minimum absolute atomic E-state index is 0.0332. The third-order valence-corrected chi connectivity index (χ3v) is 3.18. The molecule has 4 heteroatoms. The molecular weight excluding hydrogens is 232 g/mol. The molecule has 0 unspecified atom stereocenters. The lowest BCUT2D eigenvalue weighted by molar-refractivity contribution is -0.107. The molecule has 0 radical (unpaired) electrons. The molecule has 0 spiro atoms. The Hall–Kier alpha value is -0.160. The van der Waals surface area contributed by atoms with Crippen LogP contribution in [0.2, 0.25) is 0 Å². The van der Waals surface area contributed by atoms with Gasteiger partial charge >= 0.3 is 0 Å². The number of unbranched alkanes of at least 4 members (excludes halogenated alkanes) is 5. The minimum atomic E-state index is -0.0332. The van der Waals surface area contributed by atoms with Crippen molar-refractivity contribution >= 4 is 0 Å². The fourth-order valence-electron chi connectivity index (χ4n) is 1.99. The lowest BCUT2D eigenvalue weighted by atomic mass is 10.1. The van der Waals surface area contributed by atoms with Crippen LogP contribution in [0.1, 0.15) is 51.4 Å². The molecule has 0 aliphatic heterocycles. The molecule has 0 aliphatic rings. The normalized spacial score (nSPS) is 11.7. The fourth-order valence-corrected chi connectivity index (χ4v) is 1.99. The maximum Gasteiger partial charge on any atom is 0.156 e. The summed E-state index contributed by atoms with van der Waals surface area (Å²) in [6.45, 7) is 0. The van der Waals surface area contributed by atoms with Crippen LogP contribution >= 0.6 is 0 Å². The highest BCUT2D eigenvalue weighted by Crippen LogP contribution is 2.12. The van der Waals surface area contributed by atoms with Crippen molar-refractivity contribution in [1.82, 2.24) is 0 Å². The second-order valence-corrected chi connectivity index (χ2v) is 4.50. The largest absolute Gasteiger partial charge is 0.356 e. The molecule has 18 heavy (non-hydrogen) atoms. The summed E-state index contributed by atoms with van der Waals surface area (Å²) in [5, 5.41) is 0. The lowest BCUT2D eigenvalue weighted by Crippen LogP contribution is -2.12. The van der Waals surface area contributed by atoms with Crippen molar-refractivity contribution in [2.75, 3.05) is 28.4 Å². The first kappa shape index (κ1) is 17.8. The third-order valence-electron chi connectivity index (χ3n) is 3.18. The number of hydrogen-bond donors (Lipinski definition) is 0. The molecule has 0 amide bonds. The first-order valence-corrected chi connectivity index (χ1v) is 6.89. The van der Waals surface area contributed by atoms with Gasteiger partial charge in [-0.3, -0.25) is 0 Å². The topological polar surface area (TPSA) is 36.9 Å². The van der Waals surface area contributed by atoms with Crippen LogP contribution in [0, 0.1) is 0 Å². The Morgan fingerprint density at radius 2 is 0.778 bits per heavy atom. The van der Waals surface area contributed by atoms with Crippen molar-refractivity contribution in [2.24, 2.45) is 0 Å². The van der Waals surface area contributed by atoms with Gasteiger partial charge in [0.05, 0.1) is 0 Å². The molecule has 0 bridgehead atoms. The van der Waals surface area contributed by atoms with E-state index in [-0.39, 0.29) is 12.6 Å². The van der Waals surface area contributed by atoms with Crippen LogP contribution in [0.25, 0.3) is 0 Å². The van der Waals surface area contributed by atoms with E-state index >= 15 is 0 Å². The van der Waals surface area contributed by atoms with Gasteiger partial charge in [-0.2, -0.15) is 0 Å². The summed E-state index contributed by atoms with van der Waals surface area (Å²) in [5.41, 5.74) is 0. The molecule has 0 aliphatic carbocycles. The highest BCUT2D eigenvalue weighted by molar-refractivity contribution is 4.50. The standard InChI is InChI=1S/C14H30O4/c1-15-13(16-2)11-9-7-5-6-8-10-12-14(17-3)18-4/h13-14H,5-12H2,1-4H3. The van der Waals surface area contributed by atoms with E-state index in [1.807, 2.05) is 0 Å². The zero-order valence-electron chi connectivity index (χ0n) is 12.4. The second kappa shape index (κ2) is 13.3. The van der Waals surface area contributed by atoms with Crippen molar-refractivity contribution in [2.45, 2.75) is 63.9 Å². The van der Waals surface area contributed by atoms with Gasteiger partial charge in [0.25, 0.3) is 0 Å². The molecule has 0 aromatic heterocycles. The lowest BCUT2D eigenvalue weighted by Gasteiger charge is -2.13. The van der Waals surface area contributed by atoms with E-state index < -0.39 is 0 Å². The van der Waals surface area contributed by atoms with E-state index in [0.29, 0.717) is 0 Å². The van der Waals surface area contributed by atoms with E-state index in [1.165, 1.54) is 38.5 Å². The summed E-state index contributed by atoms with van der Waals surface area (Å²) >= 11 is 0. The Kier molecular flexibility index (Phi) is 13.2. The third kappa shape index (κ3) is 9.83. The van der Waals surface area contributed by atoms with Crippen LogP contribution < -0.4 is 0 Å². The molecule has 0 aromatic carbocycles. The van der Waals surface area contributed by atoms with Crippen molar-refractivity contribution in [3.63, 3.8) is 0 Å². The molecule has 0 rings (SSSR count). The summed E-state index contributed by atoms with van der Waals surface area (Å²) in [4.78, 5) is 0. The highest BCUT2D eigenvalue weighted by atomic mass is 16.7. The molecule has 110 valence electrons. The van der Waals surface area contributed by atoms with Crippen LogP contribution in [-0.2, 0) is 18.9 Å². The van der Waals surface area contributed by atoms with Crippen LogP contribution in [0.5, 0.6) is 0 Å². The smallest absolute Gasteiger partial charge is 0.156 e. The fraction of sp³-hybridized carbons (Fsp3) is 1.00. The highest BCUT2D eigenvalue weighted by Gasteiger charge is 2.05. The van der Waals surface area contributed by atoms with Gasteiger partial charge < -0.3 is 18.9 Å². The van der Waals surface area contributed by atoms with Crippen molar-refractivity contribution in [1.29, 1.82) is 0 Å². The summed E-state index contributed by atoms with van der Waals surface area (Å²) < 4.78 is 20.6. The van der Waals surface area contributed by atoms with Crippen LogP contribution in [0.15, 0.2) is 0 Å². The van der Waals surface area contributed by atoms with Gasteiger partial charge in [-0.1, -0.05) is 25.7 Å². The molecule has 0 saturated carbocycles. The predicted molar refractivity (Wildman–Crippen MR) is 72.5 cm³/mol. The SMILES string of the molecule is COC(CCCCCCCCC(OC)OC)OC. The van der Waals surface area contributed by atoms with E-state index in [2.05, 4.69) is 0 Å². The predicted octanol–water partition coefficient (Wildman–Crippen LogP) is 3.35. The van der Waals surface area contributed by atoms with Gasteiger partial charge in [0.2, 0.25) is 0 Å². The van der Waals surface area contributed by atoms with Gasteiger partial charge in [0, 0.05) is 28.4 Å². The molecule has 0 N–H and O–H groups in total. The first-order valence-electron chi connectivity index (χ1n) is 6.89. The number of hydrogen-bond acceptors (Lipinski definition) is 4. The van der Waals surface area contributed by atoms with Crippen LogP contribution in [0.3, 0.4) is 0 Å². The summed E-state index contributed by atoms with van der Waals surface area (Å²) in [7, 11) is 6.76. The first-order chi connectivity index (χ1) is 8.78. The molecule has 4 nitrogen and oxygen atoms in total. The van der Waals surface area contributed by atoms with E-state index in [4.69, 9.17) is 18.9 Å². The minimum Gasteiger partial charge on any atom is -0.356 e. The molecule has 0 heterocycles. The van der Waals surface area contributed by atoms with E-state index in [9.17, 15) is 0 Å². The number of rotatable bonds is 13. The summed E-state index contributed by atoms with van der Waals surface area (Å²) in [6.07, 6.45) is 9.32. The Bertz CT molecular complexity index is 138. The Morgan fingerprint density at radius 3 is 1.06 bits per heavy atom. The molecular formula is C14H30O4. The van der Waals surface area contributed by atoms with E-state index in [1.54, 1.807) is 28.4 Å².